The Kier molecular flexibility index (Phi) is 4.04. The molecule has 1 aromatic rings. The van der Waals surface area contributed by atoms with Gasteiger partial charge in [0, 0.05) is 4.90 Å². The lowest BCUT2D eigenvalue weighted by molar-refractivity contribution is 0.301. The van der Waals surface area contributed by atoms with E-state index in [-0.39, 0.29) is 10.2 Å². The summed E-state index contributed by atoms with van der Waals surface area (Å²) in [5, 5.41) is 9.44. The number of hydrogen-bond donors (Lipinski definition) is 0. The number of nitrogens with zero attached hydrogens (tertiary/aromatic N) is 1. The highest BCUT2D eigenvalue weighted by Gasteiger charge is 2.41. The Bertz CT molecular complexity index is 377. The van der Waals surface area contributed by atoms with Gasteiger partial charge in [0.15, 0.2) is 0 Å². The Labute approximate surface area is 103 Å². The summed E-state index contributed by atoms with van der Waals surface area (Å²) in [7, 11) is 0. The summed E-state index contributed by atoms with van der Waals surface area (Å²) < 4.78 is -0.386. The second kappa shape index (κ2) is 4.93. The van der Waals surface area contributed by atoms with Crippen LogP contribution in [0.4, 0.5) is 0 Å². The van der Waals surface area contributed by atoms with Crippen LogP contribution in [0, 0.1) is 16.7 Å². The molecule has 16 heavy (non-hydrogen) atoms. The predicted molar refractivity (Wildman–Crippen MR) is 70.4 cm³/mol. The molecule has 1 unspecified atom stereocenters. The van der Waals surface area contributed by atoms with E-state index in [1.54, 1.807) is 11.8 Å². The lowest BCUT2D eigenvalue weighted by Gasteiger charge is -2.37. The molecule has 0 amide bonds. The Morgan fingerprint density at radius 3 is 2.19 bits per heavy atom. The first-order valence-corrected chi connectivity index (χ1v) is 6.42. The smallest absolute Gasteiger partial charge is 0.109 e. The molecular formula is C14H19NS. The van der Waals surface area contributed by atoms with Gasteiger partial charge in [0.1, 0.15) is 4.75 Å². The van der Waals surface area contributed by atoms with Gasteiger partial charge in [-0.1, -0.05) is 39.0 Å². The summed E-state index contributed by atoms with van der Waals surface area (Å²) in [5.74, 6) is 0. The standard InChI is InChI=1S/C14H19NS/c1-5-13(2,3)14(4,11-15)16-12-9-7-6-8-10-12/h6-10H,5H2,1-4H3. The molecule has 0 aliphatic rings. The van der Waals surface area contributed by atoms with Crippen LogP contribution < -0.4 is 0 Å². The van der Waals surface area contributed by atoms with Crippen LogP contribution in [0.2, 0.25) is 0 Å². The average molecular weight is 233 g/mol. The monoisotopic (exact) mass is 233 g/mol. The summed E-state index contributed by atoms with van der Waals surface area (Å²) in [6.45, 7) is 8.49. The highest BCUT2D eigenvalue weighted by atomic mass is 32.2. The molecule has 0 heterocycles. The minimum Gasteiger partial charge on any atom is -0.197 e. The van der Waals surface area contributed by atoms with E-state index in [2.05, 4.69) is 39.0 Å². The van der Waals surface area contributed by atoms with Crippen LogP contribution in [-0.4, -0.2) is 4.75 Å². The molecule has 0 N–H and O–H groups in total. The Morgan fingerprint density at radius 1 is 1.19 bits per heavy atom. The van der Waals surface area contributed by atoms with Crippen molar-refractivity contribution in [2.45, 2.75) is 43.8 Å². The topological polar surface area (TPSA) is 23.8 Å². The molecule has 86 valence electrons. The Hall–Kier alpha value is -0.940. The maximum absolute atomic E-state index is 9.44. The zero-order valence-corrected chi connectivity index (χ0v) is 11.3. The molecule has 0 aromatic heterocycles. The first-order chi connectivity index (χ1) is 7.45. The third-order valence-corrected chi connectivity index (χ3v) is 5.01. The van der Waals surface area contributed by atoms with Gasteiger partial charge in [-0.15, -0.1) is 11.8 Å². The van der Waals surface area contributed by atoms with Gasteiger partial charge in [-0.2, -0.15) is 5.26 Å². The highest BCUT2D eigenvalue weighted by Crippen LogP contribution is 2.46. The van der Waals surface area contributed by atoms with Crippen LogP contribution >= 0.6 is 11.8 Å². The SMILES string of the molecule is CCC(C)(C)C(C)(C#N)Sc1ccccc1. The maximum Gasteiger partial charge on any atom is 0.109 e. The number of nitriles is 1. The Balaban J connectivity index is 2.97. The Morgan fingerprint density at radius 2 is 1.75 bits per heavy atom. The van der Waals surface area contributed by atoms with Crippen molar-refractivity contribution in [3.8, 4) is 6.07 Å². The summed E-state index contributed by atoms with van der Waals surface area (Å²) in [5.41, 5.74) is 0.00224. The lowest BCUT2D eigenvalue weighted by Crippen LogP contribution is -2.36. The van der Waals surface area contributed by atoms with E-state index < -0.39 is 0 Å². The number of benzene rings is 1. The minimum atomic E-state index is -0.386. The van der Waals surface area contributed by atoms with Crippen molar-refractivity contribution in [2.24, 2.45) is 5.41 Å². The van der Waals surface area contributed by atoms with Crippen molar-refractivity contribution in [1.82, 2.24) is 0 Å². The molecule has 2 heteroatoms. The van der Waals surface area contributed by atoms with Crippen LogP contribution in [0.1, 0.15) is 34.1 Å². The molecule has 1 nitrogen and oxygen atoms in total. The zero-order chi connectivity index (χ0) is 12.2. The molecule has 0 aliphatic carbocycles. The van der Waals surface area contributed by atoms with E-state index in [0.717, 1.165) is 11.3 Å². The van der Waals surface area contributed by atoms with Crippen molar-refractivity contribution in [2.75, 3.05) is 0 Å². The van der Waals surface area contributed by atoms with Crippen molar-refractivity contribution in [1.29, 1.82) is 5.26 Å². The molecule has 0 bridgehead atoms. The quantitative estimate of drug-likeness (QED) is 0.715. The minimum absolute atomic E-state index is 0.00224. The van der Waals surface area contributed by atoms with Gasteiger partial charge in [-0.05, 0) is 30.9 Å². The summed E-state index contributed by atoms with van der Waals surface area (Å²) >= 11 is 1.66. The predicted octanol–water partition coefficient (Wildman–Crippen LogP) is 4.50. The number of thioether (sulfide) groups is 1. The first-order valence-electron chi connectivity index (χ1n) is 5.60. The van der Waals surface area contributed by atoms with Crippen molar-refractivity contribution >= 4 is 11.8 Å². The van der Waals surface area contributed by atoms with E-state index in [1.807, 2.05) is 25.1 Å². The second-order valence-electron chi connectivity index (χ2n) is 4.80. The maximum atomic E-state index is 9.44. The third kappa shape index (κ3) is 2.59. The van der Waals surface area contributed by atoms with Crippen LogP contribution in [0.25, 0.3) is 0 Å². The van der Waals surface area contributed by atoms with E-state index in [0.29, 0.717) is 0 Å². The molecule has 0 saturated carbocycles. The fourth-order valence-electron chi connectivity index (χ4n) is 1.37. The van der Waals surface area contributed by atoms with Crippen LogP contribution in [-0.2, 0) is 0 Å². The molecule has 0 radical (unpaired) electrons. The number of hydrogen-bond acceptors (Lipinski definition) is 2. The molecule has 0 fully saturated rings. The van der Waals surface area contributed by atoms with E-state index in [4.69, 9.17) is 0 Å². The third-order valence-electron chi connectivity index (χ3n) is 3.45. The zero-order valence-electron chi connectivity index (χ0n) is 10.4. The van der Waals surface area contributed by atoms with Gasteiger partial charge < -0.3 is 0 Å². The van der Waals surface area contributed by atoms with Gasteiger partial charge in [-0.25, -0.2) is 0 Å². The van der Waals surface area contributed by atoms with Gasteiger partial charge in [0.25, 0.3) is 0 Å². The van der Waals surface area contributed by atoms with Gasteiger partial charge in [-0.3, -0.25) is 0 Å². The molecular weight excluding hydrogens is 214 g/mol. The van der Waals surface area contributed by atoms with Gasteiger partial charge in [0.2, 0.25) is 0 Å². The lowest BCUT2D eigenvalue weighted by atomic mass is 9.78. The average Bonchev–Trinajstić information content (AvgIpc) is 2.30. The van der Waals surface area contributed by atoms with E-state index in [1.165, 1.54) is 0 Å². The first kappa shape index (κ1) is 13.1. The normalized spacial score (nSPS) is 15.2. The van der Waals surface area contributed by atoms with Crippen molar-refractivity contribution < 1.29 is 0 Å². The van der Waals surface area contributed by atoms with Crippen molar-refractivity contribution in [3.63, 3.8) is 0 Å². The van der Waals surface area contributed by atoms with E-state index >= 15 is 0 Å². The fourth-order valence-corrected chi connectivity index (χ4v) is 2.60. The highest BCUT2D eigenvalue weighted by molar-refractivity contribution is 8.01. The van der Waals surface area contributed by atoms with Gasteiger partial charge in [0.05, 0.1) is 6.07 Å². The van der Waals surface area contributed by atoms with E-state index in [9.17, 15) is 5.26 Å². The second-order valence-corrected chi connectivity index (χ2v) is 6.29. The van der Waals surface area contributed by atoms with Gasteiger partial charge >= 0.3 is 0 Å². The molecule has 1 atom stereocenters. The molecule has 1 rings (SSSR count). The summed E-state index contributed by atoms with van der Waals surface area (Å²) in [6, 6.07) is 12.6. The molecule has 0 saturated heterocycles. The molecule has 0 spiro atoms. The van der Waals surface area contributed by atoms with Crippen molar-refractivity contribution in [3.05, 3.63) is 30.3 Å². The largest absolute Gasteiger partial charge is 0.197 e. The summed E-state index contributed by atoms with van der Waals surface area (Å²) in [4.78, 5) is 1.16. The summed E-state index contributed by atoms with van der Waals surface area (Å²) in [6.07, 6.45) is 0.997. The van der Waals surface area contributed by atoms with Crippen LogP contribution in [0.15, 0.2) is 35.2 Å². The number of rotatable bonds is 4. The fraction of sp³-hybridized carbons (Fsp3) is 0.500. The molecule has 1 aromatic carbocycles. The molecule has 0 aliphatic heterocycles. The van der Waals surface area contributed by atoms with Crippen LogP contribution in [0.3, 0.4) is 0 Å². The van der Waals surface area contributed by atoms with Crippen LogP contribution in [0.5, 0.6) is 0 Å².